The van der Waals surface area contributed by atoms with Crippen LogP contribution in [0.4, 0.5) is 4.79 Å². The molecular formula is C12H24N2O2S. The Labute approximate surface area is 108 Å². The zero-order valence-electron chi connectivity index (χ0n) is 11.3. The molecular weight excluding hydrogens is 236 g/mol. The van der Waals surface area contributed by atoms with E-state index in [2.05, 4.69) is 19.2 Å². The van der Waals surface area contributed by atoms with Crippen molar-refractivity contribution in [1.82, 2.24) is 10.2 Å². The monoisotopic (exact) mass is 260 g/mol. The second kappa shape index (κ2) is 6.50. The molecule has 4 nitrogen and oxygen atoms in total. The molecule has 1 aliphatic rings. The molecule has 0 bridgehead atoms. The van der Waals surface area contributed by atoms with E-state index in [-0.39, 0.29) is 17.7 Å². The second-order valence-electron chi connectivity index (χ2n) is 4.88. The molecule has 1 N–H and O–H groups in total. The van der Waals surface area contributed by atoms with Crippen molar-refractivity contribution in [2.45, 2.75) is 38.8 Å². The molecule has 1 rings (SSSR count). The minimum absolute atomic E-state index is 0.0366. The van der Waals surface area contributed by atoms with Crippen molar-refractivity contribution in [3.8, 4) is 0 Å². The number of rotatable bonds is 4. The van der Waals surface area contributed by atoms with Crippen LogP contribution in [0.15, 0.2) is 0 Å². The van der Waals surface area contributed by atoms with Crippen molar-refractivity contribution in [3.05, 3.63) is 0 Å². The van der Waals surface area contributed by atoms with Crippen LogP contribution in [0.1, 0.15) is 27.2 Å². The molecule has 0 aromatic heterocycles. The fourth-order valence-electron chi connectivity index (χ4n) is 1.91. The number of hydrogen-bond acceptors (Lipinski definition) is 3. The van der Waals surface area contributed by atoms with E-state index in [9.17, 15) is 4.79 Å². The van der Waals surface area contributed by atoms with Gasteiger partial charge in [0, 0.05) is 18.3 Å². The number of urea groups is 1. The maximum Gasteiger partial charge on any atom is 0.317 e. The lowest BCUT2D eigenvalue weighted by molar-refractivity contribution is -0.0873. The van der Waals surface area contributed by atoms with Gasteiger partial charge in [0.15, 0.2) is 0 Å². The fraction of sp³-hybridized carbons (Fsp3) is 0.917. The molecule has 1 fully saturated rings. The van der Waals surface area contributed by atoms with Gasteiger partial charge in [-0.2, -0.15) is 11.8 Å². The standard InChI is InChI=1S/C12H24N2O2S/c1-5-12(3)9-14(6-7-16-12)11(15)13-10(2)8-17-4/h10H,5-9H2,1-4H3,(H,13,15)/t10-,12-/m1/s1. The minimum atomic E-state index is -0.182. The molecule has 1 aliphatic heterocycles. The van der Waals surface area contributed by atoms with Crippen LogP contribution in [0.5, 0.6) is 0 Å². The summed E-state index contributed by atoms with van der Waals surface area (Å²) < 4.78 is 5.72. The summed E-state index contributed by atoms with van der Waals surface area (Å²) in [4.78, 5) is 13.9. The van der Waals surface area contributed by atoms with Gasteiger partial charge in [-0.3, -0.25) is 0 Å². The van der Waals surface area contributed by atoms with E-state index >= 15 is 0 Å². The fourth-order valence-corrected chi connectivity index (χ4v) is 2.49. The predicted octanol–water partition coefficient (Wildman–Crippen LogP) is 1.95. The first kappa shape index (κ1) is 14.6. The van der Waals surface area contributed by atoms with E-state index in [1.165, 1.54) is 0 Å². The average molecular weight is 260 g/mol. The van der Waals surface area contributed by atoms with Crippen LogP contribution in [0.3, 0.4) is 0 Å². The Morgan fingerprint density at radius 2 is 2.35 bits per heavy atom. The highest BCUT2D eigenvalue weighted by molar-refractivity contribution is 7.98. The van der Waals surface area contributed by atoms with Crippen molar-refractivity contribution >= 4 is 17.8 Å². The second-order valence-corrected chi connectivity index (χ2v) is 5.79. The van der Waals surface area contributed by atoms with Crippen molar-refractivity contribution < 1.29 is 9.53 Å². The van der Waals surface area contributed by atoms with Gasteiger partial charge in [-0.05, 0) is 26.5 Å². The Morgan fingerprint density at radius 1 is 1.65 bits per heavy atom. The third-order valence-electron chi connectivity index (χ3n) is 3.16. The summed E-state index contributed by atoms with van der Waals surface area (Å²) in [5.74, 6) is 0.946. The lowest BCUT2D eigenvalue weighted by Crippen LogP contribution is -2.55. The van der Waals surface area contributed by atoms with E-state index < -0.39 is 0 Å². The topological polar surface area (TPSA) is 41.6 Å². The van der Waals surface area contributed by atoms with E-state index in [0.29, 0.717) is 19.7 Å². The van der Waals surface area contributed by atoms with Gasteiger partial charge in [0.25, 0.3) is 0 Å². The zero-order valence-corrected chi connectivity index (χ0v) is 12.1. The molecule has 2 atom stereocenters. The van der Waals surface area contributed by atoms with Gasteiger partial charge in [0.05, 0.1) is 18.8 Å². The molecule has 2 amide bonds. The van der Waals surface area contributed by atoms with Crippen LogP contribution >= 0.6 is 11.8 Å². The highest BCUT2D eigenvalue weighted by Gasteiger charge is 2.32. The van der Waals surface area contributed by atoms with Crippen LogP contribution in [0.25, 0.3) is 0 Å². The van der Waals surface area contributed by atoms with Gasteiger partial charge in [-0.1, -0.05) is 6.92 Å². The van der Waals surface area contributed by atoms with E-state index in [4.69, 9.17) is 4.74 Å². The molecule has 0 aliphatic carbocycles. The first-order valence-electron chi connectivity index (χ1n) is 6.19. The molecule has 1 heterocycles. The lowest BCUT2D eigenvalue weighted by atomic mass is 10.0. The van der Waals surface area contributed by atoms with Crippen molar-refractivity contribution in [2.75, 3.05) is 31.7 Å². The largest absolute Gasteiger partial charge is 0.372 e. The molecule has 17 heavy (non-hydrogen) atoms. The van der Waals surface area contributed by atoms with E-state index in [1.54, 1.807) is 11.8 Å². The number of morpholine rings is 1. The normalized spacial score (nSPS) is 26.7. The Bertz CT molecular complexity index is 263. The zero-order chi connectivity index (χ0) is 12.9. The number of hydrogen-bond donors (Lipinski definition) is 1. The quantitative estimate of drug-likeness (QED) is 0.840. The third kappa shape index (κ3) is 4.39. The summed E-state index contributed by atoms with van der Waals surface area (Å²) in [6, 6.07) is 0.253. The van der Waals surface area contributed by atoms with Crippen LogP contribution in [-0.2, 0) is 4.74 Å². The summed E-state index contributed by atoms with van der Waals surface area (Å²) in [5.41, 5.74) is -0.182. The SMILES string of the molecule is CC[C@]1(C)CN(C(=O)N[C@H](C)CSC)CCO1. The molecule has 0 aromatic carbocycles. The predicted molar refractivity (Wildman–Crippen MR) is 72.6 cm³/mol. The number of carbonyl (C=O) groups excluding carboxylic acids is 1. The van der Waals surface area contributed by atoms with Crippen LogP contribution in [0, 0.1) is 0 Å². The Balaban J connectivity index is 2.46. The smallest absolute Gasteiger partial charge is 0.317 e. The first-order valence-corrected chi connectivity index (χ1v) is 7.58. The van der Waals surface area contributed by atoms with Gasteiger partial charge in [-0.15, -0.1) is 0 Å². The molecule has 0 aromatic rings. The molecule has 5 heteroatoms. The highest BCUT2D eigenvalue weighted by atomic mass is 32.2. The Morgan fingerprint density at radius 3 is 2.94 bits per heavy atom. The van der Waals surface area contributed by atoms with Gasteiger partial charge in [0.1, 0.15) is 0 Å². The summed E-state index contributed by atoms with van der Waals surface area (Å²) in [6.07, 6.45) is 2.97. The first-order chi connectivity index (χ1) is 8.00. The average Bonchev–Trinajstić information content (AvgIpc) is 2.29. The summed E-state index contributed by atoms with van der Waals surface area (Å²) in [7, 11) is 0. The molecule has 0 unspecified atom stereocenters. The maximum absolute atomic E-state index is 12.0. The molecule has 0 spiro atoms. The minimum Gasteiger partial charge on any atom is -0.372 e. The van der Waals surface area contributed by atoms with Crippen LogP contribution in [-0.4, -0.2) is 54.3 Å². The number of nitrogens with one attached hydrogen (secondary N) is 1. The van der Waals surface area contributed by atoms with E-state index in [1.807, 2.05) is 18.1 Å². The number of nitrogens with zero attached hydrogens (tertiary/aromatic N) is 1. The van der Waals surface area contributed by atoms with Crippen molar-refractivity contribution in [2.24, 2.45) is 0 Å². The summed E-state index contributed by atoms with van der Waals surface area (Å²) in [6.45, 7) is 8.20. The Hall–Kier alpha value is -0.420. The number of amides is 2. The van der Waals surface area contributed by atoms with Gasteiger partial charge in [0.2, 0.25) is 0 Å². The van der Waals surface area contributed by atoms with Gasteiger partial charge >= 0.3 is 6.03 Å². The number of thioether (sulfide) groups is 1. The van der Waals surface area contributed by atoms with Crippen molar-refractivity contribution in [1.29, 1.82) is 0 Å². The molecule has 0 radical (unpaired) electrons. The number of carbonyl (C=O) groups is 1. The summed E-state index contributed by atoms with van der Waals surface area (Å²) >= 11 is 1.74. The summed E-state index contributed by atoms with van der Waals surface area (Å²) in [5, 5.41) is 3.02. The maximum atomic E-state index is 12.0. The Kier molecular flexibility index (Phi) is 5.59. The van der Waals surface area contributed by atoms with E-state index in [0.717, 1.165) is 12.2 Å². The van der Waals surface area contributed by atoms with Crippen molar-refractivity contribution in [3.63, 3.8) is 0 Å². The molecule has 1 saturated heterocycles. The molecule has 0 saturated carbocycles. The van der Waals surface area contributed by atoms with Crippen LogP contribution < -0.4 is 5.32 Å². The lowest BCUT2D eigenvalue weighted by Gasteiger charge is -2.40. The highest BCUT2D eigenvalue weighted by Crippen LogP contribution is 2.20. The number of ether oxygens (including phenoxy) is 1. The van der Waals surface area contributed by atoms with Gasteiger partial charge in [-0.25, -0.2) is 4.79 Å². The van der Waals surface area contributed by atoms with Crippen LogP contribution in [0.2, 0.25) is 0 Å². The molecule has 100 valence electrons. The van der Waals surface area contributed by atoms with Gasteiger partial charge < -0.3 is 15.0 Å². The third-order valence-corrected chi connectivity index (χ3v) is 3.99.